The quantitative estimate of drug-likeness (QED) is 0.730. The van der Waals surface area contributed by atoms with Crippen molar-refractivity contribution in [1.82, 2.24) is 15.4 Å². The lowest BCUT2D eigenvalue weighted by Gasteiger charge is -2.17. The number of H-pyrrole nitrogens is 1. The van der Waals surface area contributed by atoms with E-state index >= 15 is 0 Å². The molecule has 0 spiro atoms. The van der Waals surface area contributed by atoms with Crippen LogP contribution in [0.5, 0.6) is 0 Å². The number of hydrogen-bond donors (Lipinski definition) is 1. The average Bonchev–Trinajstić information content (AvgIpc) is 3.14. The lowest BCUT2D eigenvalue weighted by Crippen LogP contribution is -1.99. The Morgan fingerprint density at radius 1 is 0.696 bits per heavy atom. The van der Waals surface area contributed by atoms with Crippen LogP contribution in [0.4, 0.5) is 0 Å². The predicted molar refractivity (Wildman–Crippen MR) is 96.0 cm³/mol. The van der Waals surface area contributed by atoms with Gasteiger partial charge in [-0.05, 0) is 68.1 Å². The van der Waals surface area contributed by atoms with Gasteiger partial charge in [-0.15, -0.1) is 0 Å². The maximum Gasteiger partial charge on any atom is 0.109 e. The molecule has 0 saturated heterocycles. The summed E-state index contributed by atoms with van der Waals surface area (Å²) in [5, 5.41) is 11.3. The first-order chi connectivity index (χ1) is 11.4. The Morgan fingerprint density at radius 3 is 2.09 bits per heavy atom. The van der Waals surface area contributed by atoms with Gasteiger partial charge < -0.3 is 0 Å². The first-order valence-electron chi connectivity index (χ1n) is 9.73. The van der Waals surface area contributed by atoms with E-state index in [2.05, 4.69) is 21.5 Å². The van der Waals surface area contributed by atoms with Crippen LogP contribution >= 0.6 is 0 Å². The van der Waals surface area contributed by atoms with Crippen LogP contribution in [0.15, 0.2) is 23.4 Å². The molecule has 0 saturated carbocycles. The highest BCUT2D eigenvalue weighted by Crippen LogP contribution is 2.35. The van der Waals surface area contributed by atoms with Gasteiger partial charge in [0, 0.05) is 0 Å². The molecule has 23 heavy (non-hydrogen) atoms. The van der Waals surface area contributed by atoms with E-state index in [9.17, 15) is 0 Å². The molecule has 0 aliphatic heterocycles. The van der Waals surface area contributed by atoms with Gasteiger partial charge in [-0.25, -0.2) is 0 Å². The van der Waals surface area contributed by atoms with Crippen molar-refractivity contribution in [2.75, 3.05) is 0 Å². The van der Waals surface area contributed by atoms with E-state index in [1.807, 2.05) is 6.20 Å². The van der Waals surface area contributed by atoms with Gasteiger partial charge in [0.2, 0.25) is 0 Å². The third-order valence-corrected chi connectivity index (χ3v) is 5.37. The van der Waals surface area contributed by atoms with Crippen LogP contribution in [0.25, 0.3) is 5.57 Å². The van der Waals surface area contributed by atoms with Crippen molar-refractivity contribution in [2.24, 2.45) is 0 Å². The van der Waals surface area contributed by atoms with Crippen LogP contribution in [0.2, 0.25) is 0 Å². The van der Waals surface area contributed by atoms with Gasteiger partial charge in [0.1, 0.15) is 5.69 Å². The molecule has 0 radical (unpaired) electrons. The zero-order chi connectivity index (χ0) is 15.7. The standard InChI is InChI=1S/C20H31N3/c1-2-5-9-13-17(12-8-4-1)18-14-10-6-3-7-11-15-19(18)20-16-21-23-22-20/h12,16H,1-11,13-15H2,(H,21,22,23)/b17-12+,19-18-. The Labute approximate surface area is 140 Å². The smallest absolute Gasteiger partial charge is 0.109 e. The molecule has 3 rings (SSSR count). The Kier molecular flexibility index (Phi) is 6.48. The summed E-state index contributed by atoms with van der Waals surface area (Å²) < 4.78 is 0. The number of rotatable bonds is 2. The second kappa shape index (κ2) is 9.05. The summed E-state index contributed by atoms with van der Waals surface area (Å²) in [6.07, 6.45) is 23.0. The van der Waals surface area contributed by atoms with Gasteiger partial charge in [0.15, 0.2) is 0 Å². The first-order valence-corrected chi connectivity index (χ1v) is 9.73. The van der Waals surface area contributed by atoms with Crippen LogP contribution in [-0.4, -0.2) is 15.4 Å². The zero-order valence-electron chi connectivity index (χ0n) is 14.4. The van der Waals surface area contributed by atoms with Gasteiger partial charge in [0.05, 0.1) is 6.20 Å². The maximum atomic E-state index is 4.43. The van der Waals surface area contributed by atoms with Crippen molar-refractivity contribution >= 4 is 5.57 Å². The highest BCUT2D eigenvalue weighted by atomic mass is 15.3. The third kappa shape index (κ3) is 4.79. The molecule has 3 heteroatoms. The Hall–Kier alpha value is -1.38. The Bertz CT molecular complexity index is 525. The highest BCUT2D eigenvalue weighted by molar-refractivity contribution is 5.69. The van der Waals surface area contributed by atoms with E-state index in [0.29, 0.717) is 0 Å². The fraction of sp³-hybridized carbons (Fsp3) is 0.700. The summed E-state index contributed by atoms with van der Waals surface area (Å²) in [6.45, 7) is 0. The summed E-state index contributed by atoms with van der Waals surface area (Å²) in [7, 11) is 0. The molecule has 0 atom stereocenters. The van der Waals surface area contributed by atoms with Crippen molar-refractivity contribution in [3.8, 4) is 0 Å². The van der Waals surface area contributed by atoms with Crippen molar-refractivity contribution in [3.63, 3.8) is 0 Å². The first kappa shape index (κ1) is 16.5. The SMILES string of the molecule is C1=C(/C2=C(\c3cn[nH]n3)CCCCCCC2)CCCCCCC/1. The topological polar surface area (TPSA) is 41.6 Å². The lowest BCUT2D eigenvalue weighted by molar-refractivity contribution is 0.623. The largest absolute Gasteiger partial charge is 0.197 e. The number of allylic oxidation sites excluding steroid dienone is 4. The number of nitrogens with zero attached hydrogens (tertiary/aromatic N) is 2. The summed E-state index contributed by atoms with van der Waals surface area (Å²) in [5.74, 6) is 0. The fourth-order valence-corrected chi connectivity index (χ4v) is 4.06. The fourth-order valence-electron chi connectivity index (χ4n) is 4.06. The molecule has 0 amide bonds. The Balaban J connectivity index is 1.93. The van der Waals surface area contributed by atoms with Crippen molar-refractivity contribution in [1.29, 1.82) is 0 Å². The molecule has 0 unspecified atom stereocenters. The van der Waals surface area contributed by atoms with E-state index < -0.39 is 0 Å². The van der Waals surface area contributed by atoms with E-state index in [4.69, 9.17) is 0 Å². The lowest BCUT2D eigenvalue weighted by atomic mass is 9.88. The number of aromatic amines is 1. The molecular formula is C20H31N3. The monoisotopic (exact) mass is 313 g/mol. The van der Waals surface area contributed by atoms with E-state index in [-0.39, 0.29) is 0 Å². The molecule has 1 aromatic rings. The van der Waals surface area contributed by atoms with Gasteiger partial charge >= 0.3 is 0 Å². The van der Waals surface area contributed by atoms with Crippen LogP contribution in [-0.2, 0) is 0 Å². The van der Waals surface area contributed by atoms with Crippen LogP contribution in [0, 0.1) is 0 Å². The van der Waals surface area contributed by atoms with Crippen molar-refractivity contribution in [2.45, 2.75) is 89.9 Å². The molecule has 1 aromatic heterocycles. The van der Waals surface area contributed by atoms with Crippen molar-refractivity contribution in [3.05, 3.63) is 29.1 Å². The average molecular weight is 313 g/mol. The van der Waals surface area contributed by atoms with E-state index in [1.54, 1.807) is 11.1 Å². The van der Waals surface area contributed by atoms with Crippen LogP contribution < -0.4 is 0 Å². The van der Waals surface area contributed by atoms with Crippen LogP contribution in [0.3, 0.4) is 0 Å². The highest BCUT2D eigenvalue weighted by Gasteiger charge is 2.17. The maximum absolute atomic E-state index is 4.43. The predicted octanol–water partition coefficient (Wildman–Crippen LogP) is 5.97. The summed E-state index contributed by atoms with van der Waals surface area (Å²) >= 11 is 0. The second-order valence-corrected chi connectivity index (χ2v) is 7.12. The van der Waals surface area contributed by atoms with Crippen LogP contribution in [0.1, 0.15) is 95.6 Å². The molecule has 1 N–H and O–H groups in total. The van der Waals surface area contributed by atoms with Crippen molar-refractivity contribution < 1.29 is 0 Å². The minimum atomic E-state index is 1.09. The summed E-state index contributed by atoms with van der Waals surface area (Å²) in [6, 6.07) is 0. The summed E-state index contributed by atoms with van der Waals surface area (Å²) in [4.78, 5) is 0. The van der Waals surface area contributed by atoms with Gasteiger partial charge in [-0.3, -0.25) is 0 Å². The number of aromatic nitrogens is 3. The number of hydrogen-bond acceptors (Lipinski definition) is 2. The third-order valence-electron chi connectivity index (χ3n) is 5.37. The molecule has 0 aromatic carbocycles. The molecule has 1 heterocycles. The second-order valence-electron chi connectivity index (χ2n) is 7.12. The molecule has 0 bridgehead atoms. The molecule has 2 aliphatic rings. The van der Waals surface area contributed by atoms with Gasteiger partial charge in [0.25, 0.3) is 0 Å². The molecule has 126 valence electrons. The molecule has 3 nitrogen and oxygen atoms in total. The Morgan fingerprint density at radius 2 is 1.35 bits per heavy atom. The van der Waals surface area contributed by atoms with E-state index in [0.717, 1.165) is 5.69 Å². The van der Waals surface area contributed by atoms with Gasteiger partial charge in [-0.2, -0.15) is 15.4 Å². The normalized spacial score (nSPS) is 27.6. The molecular weight excluding hydrogens is 282 g/mol. The minimum Gasteiger partial charge on any atom is -0.197 e. The zero-order valence-corrected chi connectivity index (χ0v) is 14.4. The molecule has 0 fully saturated rings. The molecule has 2 aliphatic carbocycles. The number of nitrogens with one attached hydrogen (secondary N) is 1. The summed E-state index contributed by atoms with van der Waals surface area (Å²) in [5.41, 5.74) is 5.81. The van der Waals surface area contributed by atoms with Gasteiger partial charge in [-0.1, -0.05) is 44.6 Å². The van der Waals surface area contributed by atoms with E-state index in [1.165, 1.54) is 95.5 Å². The minimum absolute atomic E-state index is 1.09.